The van der Waals surface area contributed by atoms with Gasteiger partial charge in [-0.15, -0.1) is 13.2 Å². The molecule has 1 aliphatic rings. The third-order valence-electron chi connectivity index (χ3n) is 4.56. The van der Waals surface area contributed by atoms with Crippen LogP contribution in [0.3, 0.4) is 0 Å². The van der Waals surface area contributed by atoms with Gasteiger partial charge in [0.05, 0.1) is 12.3 Å². The van der Waals surface area contributed by atoms with Crippen LogP contribution < -0.4 is 14.8 Å². The number of alkyl halides is 3. The topological polar surface area (TPSA) is 68.7 Å². The number of aromatic nitrogens is 2. The molecular formula is C21H25F3N4O3S. The summed E-state index contributed by atoms with van der Waals surface area (Å²) in [5, 5.41) is 3.11. The SMILES string of the molecule is Cc1cc(OCC2CN(C(=S)Nc3ccccc3OC(F)(F)F)CCO2)nc(C(C)C)n1. The Morgan fingerprint density at radius 3 is 2.78 bits per heavy atom. The minimum Gasteiger partial charge on any atom is -0.475 e. The number of halogens is 3. The van der Waals surface area contributed by atoms with E-state index in [0.717, 1.165) is 5.69 Å². The largest absolute Gasteiger partial charge is 0.573 e. The number of rotatable bonds is 6. The van der Waals surface area contributed by atoms with Crippen molar-refractivity contribution in [1.29, 1.82) is 0 Å². The van der Waals surface area contributed by atoms with Gasteiger partial charge in [-0.3, -0.25) is 0 Å². The van der Waals surface area contributed by atoms with Crippen LogP contribution in [0.2, 0.25) is 0 Å². The zero-order valence-corrected chi connectivity index (χ0v) is 18.8. The lowest BCUT2D eigenvalue weighted by Gasteiger charge is -2.34. The van der Waals surface area contributed by atoms with Gasteiger partial charge < -0.3 is 24.4 Å². The summed E-state index contributed by atoms with van der Waals surface area (Å²) in [6, 6.07) is 7.51. The monoisotopic (exact) mass is 470 g/mol. The normalized spacial score (nSPS) is 16.7. The minimum absolute atomic E-state index is 0.131. The molecule has 2 aromatic rings. The Labute approximate surface area is 189 Å². The summed E-state index contributed by atoms with van der Waals surface area (Å²) in [6.45, 7) is 7.45. The number of hydrogen-bond donors (Lipinski definition) is 1. The Bertz CT molecular complexity index is 943. The summed E-state index contributed by atoms with van der Waals surface area (Å²) >= 11 is 5.41. The standard InChI is InChI=1S/C21H25F3N4O3S/c1-13(2)19-25-14(3)10-18(27-19)30-12-15-11-28(8-9-29-15)20(32)26-16-6-4-5-7-17(16)31-21(22,23)24/h4-7,10,13,15H,8-9,11-12H2,1-3H3,(H,26,32). The molecule has 2 heterocycles. The van der Waals surface area contributed by atoms with Crippen LogP contribution in [0.1, 0.15) is 31.3 Å². The maximum Gasteiger partial charge on any atom is 0.573 e. The molecule has 0 radical (unpaired) electrons. The number of nitrogens with zero attached hydrogens (tertiary/aromatic N) is 3. The van der Waals surface area contributed by atoms with Crippen LogP contribution in [-0.2, 0) is 4.74 Å². The second-order valence-corrected chi connectivity index (χ2v) is 7.97. The first-order valence-electron chi connectivity index (χ1n) is 10.1. The molecule has 1 N–H and O–H groups in total. The fourth-order valence-corrected chi connectivity index (χ4v) is 3.33. The molecule has 11 heteroatoms. The highest BCUT2D eigenvalue weighted by molar-refractivity contribution is 7.80. The zero-order chi connectivity index (χ0) is 23.3. The molecule has 1 saturated heterocycles. The van der Waals surface area contributed by atoms with E-state index < -0.39 is 6.36 Å². The van der Waals surface area contributed by atoms with Crippen LogP contribution in [0, 0.1) is 6.92 Å². The van der Waals surface area contributed by atoms with Gasteiger partial charge in [0, 0.05) is 30.8 Å². The van der Waals surface area contributed by atoms with Crippen LogP contribution in [0.15, 0.2) is 30.3 Å². The van der Waals surface area contributed by atoms with E-state index in [2.05, 4.69) is 20.0 Å². The molecule has 0 bridgehead atoms. The number of nitrogens with one attached hydrogen (secondary N) is 1. The van der Waals surface area contributed by atoms with Crippen molar-refractivity contribution in [2.75, 3.05) is 31.6 Å². The van der Waals surface area contributed by atoms with Crippen molar-refractivity contribution in [2.45, 2.75) is 39.2 Å². The third kappa shape index (κ3) is 6.92. The van der Waals surface area contributed by atoms with Crippen molar-refractivity contribution in [1.82, 2.24) is 14.9 Å². The summed E-state index contributed by atoms with van der Waals surface area (Å²) < 4.78 is 53.6. The van der Waals surface area contributed by atoms with Gasteiger partial charge in [-0.25, -0.2) is 4.98 Å². The summed E-state index contributed by atoms with van der Waals surface area (Å²) in [4.78, 5) is 10.6. The average molecular weight is 471 g/mol. The van der Waals surface area contributed by atoms with E-state index in [1.165, 1.54) is 18.2 Å². The number of morpholine rings is 1. The van der Waals surface area contributed by atoms with Crippen LogP contribution in [-0.4, -0.2) is 58.7 Å². The van der Waals surface area contributed by atoms with Crippen molar-refractivity contribution in [3.63, 3.8) is 0 Å². The van der Waals surface area contributed by atoms with Gasteiger partial charge in [0.15, 0.2) is 10.9 Å². The summed E-state index contributed by atoms with van der Waals surface area (Å²) in [5.41, 5.74) is 0.946. The number of aryl methyl sites for hydroxylation is 1. The Balaban J connectivity index is 1.59. The van der Waals surface area contributed by atoms with Crippen molar-refractivity contribution in [3.05, 3.63) is 41.9 Å². The summed E-state index contributed by atoms with van der Waals surface area (Å²) in [6.07, 6.45) is -5.08. The average Bonchev–Trinajstić information content (AvgIpc) is 2.72. The smallest absolute Gasteiger partial charge is 0.475 e. The third-order valence-corrected chi connectivity index (χ3v) is 4.92. The zero-order valence-electron chi connectivity index (χ0n) is 18.0. The number of para-hydroxylation sites is 2. The van der Waals surface area contributed by atoms with Gasteiger partial charge in [-0.1, -0.05) is 26.0 Å². The van der Waals surface area contributed by atoms with Crippen LogP contribution in [0.25, 0.3) is 0 Å². The lowest BCUT2D eigenvalue weighted by molar-refractivity contribution is -0.274. The highest BCUT2D eigenvalue weighted by Gasteiger charge is 2.32. The van der Waals surface area contributed by atoms with Gasteiger partial charge in [0.25, 0.3) is 0 Å². The van der Waals surface area contributed by atoms with Crippen LogP contribution in [0.4, 0.5) is 18.9 Å². The fourth-order valence-electron chi connectivity index (χ4n) is 3.05. The van der Waals surface area contributed by atoms with Gasteiger partial charge in [0.2, 0.25) is 5.88 Å². The molecule has 0 amide bonds. The lowest BCUT2D eigenvalue weighted by atomic mass is 10.2. The van der Waals surface area contributed by atoms with E-state index in [1.807, 2.05) is 25.7 Å². The summed E-state index contributed by atoms with van der Waals surface area (Å²) in [7, 11) is 0. The first kappa shape index (κ1) is 24.0. The quantitative estimate of drug-likeness (QED) is 0.628. The molecule has 1 atom stereocenters. The molecule has 0 saturated carbocycles. The van der Waals surface area contributed by atoms with Gasteiger partial charge >= 0.3 is 6.36 Å². The molecule has 0 aliphatic carbocycles. The Kier molecular flexibility index (Phi) is 7.73. The van der Waals surface area contributed by atoms with Crippen molar-refractivity contribution < 1.29 is 27.4 Å². The maximum atomic E-state index is 12.7. The number of benzene rings is 1. The highest BCUT2D eigenvalue weighted by atomic mass is 32.1. The van der Waals surface area contributed by atoms with Gasteiger partial charge in [-0.05, 0) is 31.3 Å². The molecule has 1 fully saturated rings. The number of ether oxygens (including phenoxy) is 3. The van der Waals surface area contributed by atoms with Gasteiger partial charge in [-0.2, -0.15) is 4.98 Å². The molecule has 1 aromatic heterocycles. The minimum atomic E-state index is -4.80. The first-order chi connectivity index (χ1) is 15.1. The van der Waals surface area contributed by atoms with Crippen molar-refractivity contribution in [2.24, 2.45) is 0 Å². The van der Waals surface area contributed by atoms with Crippen molar-refractivity contribution in [3.8, 4) is 11.6 Å². The van der Waals surface area contributed by atoms with Gasteiger partial charge in [0.1, 0.15) is 18.5 Å². The molecule has 1 unspecified atom stereocenters. The molecule has 3 rings (SSSR count). The number of anilines is 1. The predicted molar refractivity (Wildman–Crippen MR) is 117 cm³/mol. The summed E-state index contributed by atoms with van der Waals surface area (Å²) in [5.74, 6) is 0.999. The van der Waals surface area contributed by atoms with E-state index in [4.69, 9.17) is 21.7 Å². The Morgan fingerprint density at radius 2 is 2.06 bits per heavy atom. The molecule has 1 aliphatic heterocycles. The molecule has 174 valence electrons. The van der Waals surface area contributed by atoms with E-state index in [-0.39, 0.29) is 35.2 Å². The molecule has 7 nitrogen and oxygen atoms in total. The number of hydrogen-bond acceptors (Lipinski definition) is 6. The van der Waals surface area contributed by atoms with E-state index >= 15 is 0 Å². The molecule has 32 heavy (non-hydrogen) atoms. The predicted octanol–water partition coefficient (Wildman–Crippen LogP) is 4.28. The lowest BCUT2D eigenvalue weighted by Crippen LogP contribution is -2.49. The second kappa shape index (κ2) is 10.3. The first-order valence-corrected chi connectivity index (χ1v) is 10.5. The van der Waals surface area contributed by atoms with E-state index in [1.54, 1.807) is 12.1 Å². The van der Waals surface area contributed by atoms with Crippen LogP contribution >= 0.6 is 12.2 Å². The molecule has 0 spiro atoms. The van der Waals surface area contributed by atoms with E-state index in [0.29, 0.717) is 31.4 Å². The Hall–Kier alpha value is -2.66. The maximum absolute atomic E-state index is 12.7. The van der Waals surface area contributed by atoms with Crippen molar-refractivity contribution >= 4 is 23.0 Å². The molecular weight excluding hydrogens is 445 g/mol. The van der Waals surface area contributed by atoms with E-state index in [9.17, 15) is 13.2 Å². The second-order valence-electron chi connectivity index (χ2n) is 7.58. The highest BCUT2D eigenvalue weighted by Crippen LogP contribution is 2.30. The Morgan fingerprint density at radius 1 is 1.31 bits per heavy atom. The molecule has 1 aromatic carbocycles. The number of thiocarbonyl (C=S) groups is 1. The van der Waals surface area contributed by atoms with Crippen LogP contribution in [0.5, 0.6) is 11.6 Å². The fraction of sp³-hybridized carbons (Fsp3) is 0.476.